The molecule has 1 aliphatic heterocycles. The van der Waals surface area contributed by atoms with Gasteiger partial charge >= 0.3 is 6.09 Å². The minimum atomic E-state index is -0.447. The molecule has 1 fully saturated rings. The molecular formula is C18H29N3O2. The summed E-state index contributed by atoms with van der Waals surface area (Å²) in [4.78, 5) is 18.4. The Hall–Kier alpha value is -1.62. The molecule has 0 radical (unpaired) electrons. The van der Waals surface area contributed by atoms with Gasteiger partial charge in [-0.25, -0.2) is 4.79 Å². The molecule has 0 bridgehead atoms. The maximum atomic E-state index is 11.9. The van der Waals surface area contributed by atoms with E-state index in [4.69, 9.17) is 4.74 Å². The summed E-state index contributed by atoms with van der Waals surface area (Å²) in [5, 5.41) is 2.98. The molecule has 1 amide bonds. The van der Waals surface area contributed by atoms with Crippen LogP contribution in [0.1, 0.15) is 46.1 Å². The first-order chi connectivity index (χ1) is 10.8. The molecule has 5 heteroatoms. The number of hydrogen-bond donors (Lipinski definition) is 1. The lowest BCUT2D eigenvalue weighted by Crippen LogP contribution is -2.45. The molecule has 1 N–H and O–H groups in total. The SMILES string of the molecule is C[C@@H](NC(=O)OC(C)(C)C)C1CCN(Cc2ccncc2)CC1. The van der Waals surface area contributed by atoms with Crippen LogP contribution in [0.15, 0.2) is 24.5 Å². The number of hydrogen-bond acceptors (Lipinski definition) is 4. The van der Waals surface area contributed by atoms with Crippen LogP contribution in [-0.4, -0.2) is 40.7 Å². The molecule has 1 aromatic heterocycles. The molecule has 0 aromatic carbocycles. The van der Waals surface area contributed by atoms with Gasteiger partial charge < -0.3 is 10.1 Å². The average molecular weight is 319 g/mol. The van der Waals surface area contributed by atoms with Gasteiger partial charge in [0.25, 0.3) is 0 Å². The molecule has 1 aliphatic rings. The standard InChI is InChI=1S/C18H29N3O2/c1-14(20-17(22)23-18(2,3)4)16-7-11-21(12-8-16)13-15-5-9-19-10-6-15/h5-6,9-10,14,16H,7-8,11-13H2,1-4H3,(H,20,22)/t14-/m1/s1. The third kappa shape index (κ3) is 6.18. The van der Waals surface area contributed by atoms with Crippen molar-refractivity contribution in [2.45, 2.75) is 58.7 Å². The maximum Gasteiger partial charge on any atom is 0.407 e. The van der Waals surface area contributed by atoms with Crippen molar-refractivity contribution in [2.24, 2.45) is 5.92 Å². The molecule has 5 nitrogen and oxygen atoms in total. The van der Waals surface area contributed by atoms with E-state index in [1.54, 1.807) is 0 Å². The molecule has 1 atom stereocenters. The van der Waals surface area contributed by atoms with Crippen LogP contribution in [0.25, 0.3) is 0 Å². The topological polar surface area (TPSA) is 54.5 Å². The zero-order valence-corrected chi connectivity index (χ0v) is 14.7. The molecule has 0 saturated carbocycles. The molecule has 0 unspecified atom stereocenters. The predicted octanol–water partition coefficient (Wildman–Crippen LogP) is 3.21. The van der Waals surface area contributed by atoms with Gasteiger partial charge in [0.05, 0.1) is 0 Å². The number of amides is 1. The summed E-state index contributed by atoms with van der Waals surface area (Å²) < 4.78 is 5.33. The second kappa shape index (κ2) is 7.77. The number of nitrogens with one attached hydrogen (secondary N) is 1. The van der Waals surface area contributed by atoms with E-state index in [1.165, 1.54) is 5.56 Å². The van der Waals surface area contributed by atoms with E-state index in [9.17, 15) is 4.79 Å². The molecular weight excluding hydrogens is 290 g/mol. The van der Waals surface area contributed by atoms with Crippen LogP contribution >= 0.6 is 0 Å². The van der Waals surface area contributed by atoms with E-state index in [0.29, 0.717) is 5.92 Å². The van der Waals surface area contributed by atoms with E-state index in [2.05, 4.69) is 34.3 Å². The van der Waals surface area contributed by atoms with Crippen LogP contribution in [-0.2, 0) is 11.3 Å². The van der Waals surface area contributed by atoms with Crippen LogP contribution in [0, 0.1) is 5.92 Å². The van der Waals surface area contributed by atoms with Gasteiger partial charge in [0, 0.05) is 25.0 Å². The highest BCUT2D eigenvalue weighted by Crippen LogP contribution is 2.22. The summed E-state index contributed by atoms with van der Waals surface area (Å²) >= 11 is 0. The number of piperidine rings is 1. The minimum Gasteiger partial charge on any atom is -0.444 e. The van der Waals surface area contributed by atoms with Crippen LogP contribution in [0.2, 0.25) is 0 Å². The number of ether oxygens (including phenoxy) is 1. The Morgan fingerprint density at radius 1 is 1.35 bits per heavy atom. The third-order valence-electron chi connectivity index (χ3n) is 4.24. The smallest absolute Gasteiger partial charge is 0.407 e. The van der Waals surface area contributed by atoms with Gasteiger partial charge in [-0.15, -0.1) is 0 Å². The van der Waals surface area contributed by atoms with Crippen LogP contribution in [0.3, 0.4) is 0 Å². The Kier molecular flexibility index (Phi) is 5.99. The fraction of sp³-hybridized carbons (Fsp3) is 0.667. The number of carbonyl (C=O) groups is 1. The second-order valence-electron chi connectivity index (χ2n) is 7.40. The molecule has 2 heterocycles. The fourth-order valence-corrected chi connectivity index (χ4v) is 2.97. The summed E-state index contributed by atoms with van der Waals surface area (Å²) in [6.45, 7) is 10.8. The molecule has 128 valence electrons. The average Bonchev–Trinajstić information content (AvgIpc) is 2.47. The third-order valence-corrected chi connectivity index (χ3v) is 4.24. The predicted molar refractivity (Wildman–Crippen MR) is 91.1 cm³/mol. The van der Waals surface area contributed by atoms with E-state index >= 15 is 0 Å². The first-order valence-corrected chi connectivity index (χ1v) is 8.44. The highest BCUT2D eigenvalue weighted by atomic mass is 16.6. The van der Waals surface area contributed by atoms with Crippen LogP contribution < -0.4 is 5.32 Å². The van der Waals surface area contributed by atoms with Crippen molar-refractivity contribution in [1.29, 1.82) is 0 Å². The quantitative estimate of drug-likeness (QED) is 0.926. The minimum absolute atomic E-state index is 0.146. The van der Waals surface area contributed by atoms with Gasteiger partial charge in [-0.3, -0.25) is 9.88 Å². The van der Waals surface area contributed by atoms with Crippen molar-refractivity contribution in [3.63, 3.8) is 0 Å². The highest BCUT2D eigenvalue weighted by molar-refractivity contribution is 5.68. The van der Waals surface area contributed by atoms with E-state index < -0.39 is 5.60 Å². The molecule has 23 heavy (non-hydrogen) atoms. The largest absolute Gasteiger partial charge is 0.444 e. The Morgan fingerprint density at radius 3 is 2.52 bits per heavy atom. The fourth-order valence-electron chi connectivity index (χ4n) is 2.97. The van der Waals surface area contributed by atoms with Crippen molar-refractivity contribution in [3.8, 4) is 0 Å². The number of aromatic nitrogens is 1. The molecule has 0 spiro atoms. The number of pyridine rings is 1. The van der Waals surface area contributed by atoms with Gasteiger partial charge in [-0.1, -0.05) is 0 Å². The first-order valence-electron chi connectivity index (χ1n) is 8.44. The summed E-state index contributed by atoms with van der Waals surface area (Å²) in [6.07, 6.45) is 5.57. The van der Waals surface area contributed by atoms with Gasteiger partial charge in [-0.2, -0.15) is 0 Å². The number of alkyl carbamates (subject to hydrolysis) is 1. The number of rotatable bonds is 4. The number of likely N-dealkylation sites (tertiary alicyclic amines) is 1. The number of nitrogens with zero attached hydrogens (tertiary/aromatic N) is 2. The lowest BCUT2D eigenvalue weighted by molar-refractivity contribution is 0.0472. The maximum absolute atomic E-state index is 11.9. The Balaban J connectivity index is 1.74. The Labute approximate surface area is 139 Å². The number of carbonyl (C=O) groups excluding carboxylic acids is 1. The molecule has 2 rings (SSSR count). The van der Waals surface area contributed by atoms with Crippen molar-refractivity contribution >= 4 is 6.09 Å². The van der Waals surface area contributed by atoms with E-state index in [1.807, 2.05) is 33.2 Å². The van der Waals surface area contributed by atoms with Gasteiger partial charge in [0.15, 0.2) is 0 Å². The highest BCUT2D eigenvalue weighted by Gasteiger charge is 2.26. The van der Waals surface area contributed by atoms with Gasteiger partial charge in [0.2, 0.25) is 0 Å². The van der Waals surface area contributed by atoms with Gasteiger partial charge in [0.1, 0.15) is 5.60 Å². The Bertz CT molecular complexity index is 491. The van der Waals surface area contributed by atoms with Crippen LogP contribution in [0.5, 0.6) is 0 Å². The summed E-state index contributed by atoms with van der Waals surface area (Å²) in [5.74, 6) is 0.510. The first kappa shape index (κ1) is 17.7. The molecule has 1 aromatic rings. The lowest BCUT2D eigenvalue weighted by Gasteiger charge is -2.35. The summed E-state index contributed by atoms with van der Waals surface area (Å²) in [7, 11) is 0. The van der Waals surface area contributed by atoms with Crippen molar-refractivity contribution in [1.82, 2.24) is 15.2 Å². The van der Waals surface area contributed by atoms with Crippen molar-refractivity contribution in [2.75, 3.05) is 13.1 Å². The van der Waals surface area contributed by atoms with Crippen molar-refractivity contribution in [3.05, 3.63) is 30.1 Å². The zero-order valence-electron chi connectivity index (χ0n) is 14.7. The summed E-state index contributed by atoms with van der Waals surface area (Å²) in [5.41, 5.74) is 0.857. The molecule has 1 saturated heterocycles. The van der Waals surface area contributed by atoms with Gasteiger partial charge in [-0.05, 0) is 77.2 Å². The van der Waals surface area contributed by atoms with Crippen molar-refractivity contribution < 1.29 is 9.53 Å². The lowest BCUT2D eigenvalue weighted by atomic mass is 9.90. The summed E-state index contributed by atoms with van der Waals surface area (Å²) in [6, 6.07) is 4.28. The Morgan fingerprint density at radius 2 is 1.96 bits per heavy atom. The van der Waals surface area contributed by atoms with Crippen LogP contribution in [0.4, 0.5) is 4.79 Å². The second-order valence-corrected chi connectivity index (χ2v) is 7.40. The van der Waals surface area contributed by atoms with E-state index in [-0.39, 0.29) is 12.1 Å². The zero-order chi connectivity index (χ0) is 16.9. The molecule has 0 aliphatic carbocycles. The monoisotopic (exact) mass is 319 g/mol. The normalized spacial score (nSPS) is 18.4. The van der Waals surface area contributed by atoms with E-state index in [0.717, 1.165) is 32.5 Å².